The van der Waals surface area contributed by atoms with Gasteiger partial charge in [0.15, 0.2) is 17.6 Å². The van der Waals surface area contributed by atoms with Gasteiger partial charge in [-0.1, -0.05) is 30.3 Å². The van der Waals surface area contributed by atoms with Crippen LogP contribution in [0.15, 0.2) is 66.7 Å². The molecule has 0 fully saturated rings. The van der Waals surface area contributed by atoms with Gasteiger partial charge in [-0.05, 0) is 37.3 Å². The van der Waals surface area contributed by atoms with Crippen molar-refractivity contribution in [2.24, 2.45) is 0 Å². The van der Waals surface area contributed by atoms with Gasteiger partial charge in [-0.25, -0.2) is 0 Å². The summed E-state index contributed by atoms with van der Waals surface area (Å²) in [5.74, 6) is 2.11. The third-order valence-electron chi connectivity index (χ3n) is 4.66. The molecule has 32 heavy (non-hydrogen) atoms. The van der Waals surface area contributed by atoms with E-state index in [4.69, 9.17) is 14.2 Å². The lowest BCUT2D eigenvalue weighted by atomic mass is 10.2. The average Bonchev–Trinajstić information content (AvgIpc) is 3.26. The molecule has 1 unspecified atom stereocenters. The van der Waals surface area contributed by atoms with Crippen molar-refractivity contribution in [3.8, 4) is 28.8 Å². The van der Waals surface area contributed by atoms with Crippen LogP contribution in [0.3, 0.4) is 0 Å². The Morgan fingerprint density at radius 1 is 1.00 bits per heavy atom. The Bertz CT molecular complexity index is 1180. The first kappa shape index (κ1) is 21.1. The monoisotopic (exact) mass is 433 g/mol. The summed E-state index contributed by atoms with van der Waals surface area (Å²) in [4.78, 5) is 12.3. The highest BCUT2D eigenvalue weighted by Crippen LogP contribution is 2.19. The van der Waals surface area contributed by atoms with Crippen LogP contribution in [0.25, 0.3) is 17.0 Å². The third-order valence-corrected chi connectivity index (χ3v) is 4.66. The minimum atomic E-state index is -0.650. The normalized spacial score (nSPS) is 11.7. The Balaban J connectivity index is 1.29. The number of rotatable bonds is 9. The van der Waals surface area contributed by atoms with Gasteiger partial charge in [0.05, 0.1) is 13.7 Å². The predicted molar refractivity (Wildman–Crippen MR) is 118 cm³/mol. The van der Waals surface area contributed by atoms with E-state index >= 15 is 0 Å². The van der Waals surface area contributed by atoms with Gasteiger partial charge in [-0.15, -0.1) is 15.3 Å². The van der Waals surface area contributed by atoms with Crippen LogP contribution in [-0.2, 0) is 4.79 Å². The number of amides is 1. The molecule has 0 bridgehead atoms. The molecule has 2 heterocycles. The minimum absolute atomic E-state index is 0.238. The number of ether oxygens (including phenoxy) is 3. The van der Waals surface area contributed by atoms with E-state index < -0.39 is 6.10 Å². The molecule has 0 aliphatic rings. The maximum atomic E-state index is 12.3. The molecule has 0 aliphatic carbocycles. The van der Waals surface area contributed by atoms with E-state index in [1.807, 2.05) is 30.3 Å². The van der Waals surface area contributed by atoms with E-state index in [2.05, 4.69) is 20.6 Å². The number of nitrogens with one attached hydrogen (secondary N) is 1. The van der Waals surface area contributed by atoms with Crippen molar-refractivity contribution in [2.75, 3.05) is 20.3 Å². The van der Waals surface area contributed by atoms with E-state index in [-0.39, 0.29) is 12.5 Å². The number of aromatic nitrogens is 4. The summed E-state index contributed by atoms with van der Waals surface area (Å²) in [6.07, 6.45) is -0.650. The fraction of sp³-hybridized carbons (Fsp3) is 0.217. The molecule has 2 aromatic carbocycles. The molecular weight excluding hydrogens is 410 g/mol. The van der Waals surface area contributed by atoms with Crippen molar-refractivity contribution in [1.29, 1.82) is 0 Å². The molecular formula is C23H23N5O4. The van der Waals surface area contributed by atoms with Crippen molar-refractivity contribution in [3.63, 3.8) is 0 Å². The Morgan fingerprint density at radius 2 is 1.75 bits per heavy atom. The van der Waals surface area contributed by atoms with Gasteiger partial charge in [0, 0.05) is 11.6 Å². The van der Waals surface area contributed by atoms with E-state index in [1.54, 1.807) is 54.9 Å². The van der Waals surface area contributed by atoms with Crippen LogP contribution in [0.4, 0.5) is 0 Å². The summed E-state index contributed by atoms with van der Waals surface area (Å²) in [5.41, 5.74) is 1.52. The van der Waals surface area contributed by atoms with Crippen molar-refractivity contribution in [1.82, 2.24) is 25.1 Å². The topological polar surface area (TPSA) is 99.9 Å². The van der Waals surface area contributed by atoms with E-state index in [9.17, 15) is 4.79 Å². The van der Waals surface area contributed by atoms with Crippen LogP contribution in [0.2, 0.25) is 0 Å². The molecule has 1 amide bonds. The van der Waals surface area contributed by atoms with Crippen LogP contribution < -0.4 is 19.5 Å². The molecule has 9 heteroatoms. The van der Waals surface area contributed by atoms with Crippen LogP contribution in [0, 0.1) is 0 Å². The molecule has 0 spiro atoms. The number of carbonyl (C=O) groups excluding carboxylic acids is 1. The van der Waals surface area contributed by atoms with Gasteiger partial charge in [0.25, 0.3) is 5.91 Å². The SMILES string of the molecule is COc1ccc(OC(C)C(=O)NCCOc2ccc3nnc(-c4ccccc4)n3n2)cc1. The van der Waals surface area contributed by atoms with Gasteiger partial charge in [-0.3, -0.25) is 4.79 Å². The minimum Gasteiger partial charge on any atom is -0.497 e. The number of carbonyl (C=O) groups is 1. The summed E-state index contributed by atoms with van der Waals surface area (Å²) >= 11 is 0. The van der Waals surface area contributed by atoms with Crippen molar-refractivity contribution >= 4 is 11.6 Å². The van der Waals surface area contributed by atoms with Gasteiger partial charge < -0.3 is 19.5 Å². The number of benzene rings is 2. The summed E-state index contributed by atoms with van der Waals surface area (Å²) in [7, 11) is 1.59. The fourth-order valence-corrected chi connectivity index (χ4v) is 3.00. The van der Waals surface area contributed by atoms with Crippen molar-refractivity contribution in [2.45, 2.75) is 13.0 Å². The zero-order valence-corrected chi connectivity index (χ0v) is 17.8. The lowest BCUT2D eigenvalue weighted by Gasteiger charge is -2.15. The van der Waals surface area contributed by atoms with Crippen LogP contribution >= 0.6 is 0 Å². The van der Waals surface area contributed by atoms with E-state index in [0.717, 1.165) is 11.3 Å². The van der Waals surface area contributed by atoms with Crippen LogP contribution in [0.1, 0.15) is 6.92 Å². The largest absolute Gasteiger partial charge is 0.497 e. The number of hydrogen-bond acceptors (Lipinski definition) is 7. The first-order valence-electron chi connectivity index (χ1n) is 10.1. The first-order chi connectivity index (χ1) is 15.6. The molecule has 1 N–H and O–H groups in total. The second kappa shape index (κ2) is 9.78. The molecule has 9 nitrogen and oxygen atoms in total. The van der Waals surface area contributed by atoms with Gasteiger partial charge in [0.1, 0.15) is 18.1 Å². The zero-order valence-electron chi connectivity index (χ0n) is 17.8. The summed E-state index contributed by atoms with van der Waals surface area (Å²) < 4.78 is 18.1. The molecule has 1 atom stereocenters. The highest BCUT2D eigenvalue weighted by molar-refractivity contribution is 5.80. The Morgan fingerprint density at radius 3 is 2.50 bits per heavy atom. The molecule has 2 aromatic heterocycles. The maximum absolute atomic E-state index is 12.3. The van der Waals surface area contributed by atoms with Crippen LogP contribution in [0.5, 0.6) is 17.4 Å². The quantitative estimate of drug-likeness (QED) is 0.405. The van der Waals surface area contributed by atoms with Gasteiger partial charge in [0.2, 0.25) is 5.88 Å². The molecule has 4 aromatic rings. The van der Waals surface area contributed by atoms with E-state index in [1.165, 1.54) is 0 Å². The van der Waals surface area contributed by atoms with Gasteiger partial charge in [-0.2, -0.15) is 4.52 Å². The summed E-state index contributed by atoms with van der Waals surface area (Å²) in [6.45, 7) is 2.25. The lowest BCUT2D eigenvalue weighted by molar-refractivity contribution is -0.127. The molecule has 0 radical (unpaired) electrons. The second-order valence-electron chi connectivity index (χ2n) is 6.91. The number of methoxy groups -OCH3 is 1. The molecule has 4 rings (SSSR count). The van der Waals surface area contributed by atoms with Crippen molar-refractivity contribution < 1.29 is 19.0 Å². The first-order valence-corrected chi connectivity index (χ1v) is 10.1. The summed E-state index contributed by atoms with van der Waals surface area (Å²) in [5, 5.41) is 15.6. The van der Waals surface area contributed by atoms with E-state index in [0.29, 0.717) is 29.6 Å². The molecule has 0 saturated heterocycles. The standard InChI is InChI=1S/C23H23N5O4/c1-16(32-19-10-8-18(30-2)9-11-19)23(29)24-14-15-31-21-13-12-20-25-26-22(28(20)27-21)17-6-4-3-5-7-17/h3-13,16H,14-15H2,1-2H3,(H,24,29). The summed E-state index contributed by atoms with van der Waals surface area (Å²) in [6, 6.07) is 20.2. The Hall–Kier alpha value is -4.14. The number of nitrogens with zero attached hydrogens (tertiary/aromatic N) is 4. The molecule has 0 saturated carbocycles. The highest BCUT2D eigenvalue weighted by Gasteiger charge is 2.14. The Labute approximate surface area is 185 Å². The second-order valence-corrected chi connectivity index (χ2v) is 6.91. The number of hydrogen-bond donors (Lipinski definition) is 1. The van der Waals surface area contributed by atoms with Crippen molar-refractivity contribution in [3.05, 3.63) is 66.7 Å². The fourth-order valence-electron chi connectivity index (χ4n) is 3.00. The smallest absolute Gasteiger partial charge is 0.260 e. The Kier molecular flexibility index (Phi) is 6.45. The molecule has 0 aliphatic heterocycles. The molecule has 164 valence electrons. The highest BCUT2D eigenvalue weighted by atomic mass is 16.5. The lowest BCUT2D eigenvalue weighted by Crippen LogP contribution is -2.38. The van der Waals surface area contributed by atoms with Gasteiger partial charge >= 0.3 is 0 Å². The predicted octanol–water partition coefficient (Wildman–Crippen LogP) is 2.76. The third kappa shape index (κ3) is 4.94. The number of fused-ring (bicyclic) bond motifs is 1. The van der Waals surface area contributed by atoms with Crippen LogP contribution in [-0.4, -0.2) is 52.1 Å². The zero-order chi connectivity index (χ0) is 22.3. The average molecular weight is 433 g/mol. The maximum Gasteiger partial charge on any atom is 0.260 e.